The van der Waals surface area contributed by atoms with Crippen LogP contribution in [0.3, 0.4) is 0 Å². The van der Waals surface area contributed by atoms with Gasteiger partial charge in [0.2, 0.25) is 0 Å². The van der Waals surface area contributed by atoms with Crippen molar-refractivity contribution in [2.45, 2.75) is 76.3 Å². The molecule has 1 aliphatic heterocycles. The standard InChI is InChI=1S/C22H26ClFN2OS/c23-18-12-7-13-19(24)17(18)14-20-21(27)26(16-10-5-2-6-11-16)22(28-20)25-15-8-3-1-4-9-15/h7,12-16H,1-6,8-11H2. The van der Waals surface area contributed by atoms with Crippen LogP contribution in [0.4, 0.5) is 4.39 Å². The molecule has 0 atom stereocenters. The molecule has 3 aliphatic rings. The average Bonchev–Trinajstić information content (AvgIpc) is 3.01. The van der Waals surface area contributed by atoms with Gasteiger partial charge in [0.05, 0.1) is 16.0 Å². The maximum atomic E-state index is 14.3. The van der Waals surface area contributed by atoms with Gasteiger partial charge in [-0.2, -0.15) is 0 Å². The van der Waals surface area contributed by atoms with Crippen molar-refractivity contribution in [1.29, 1.82) is 0 Å². The van der Waals surface area contributed by atoms with Crippen molar-refractivity contribution < 1.29 is 9.18 Å². The summed E-state index contributed by atoms with van der Waals surface area (Å²) in [5.74, 6) is -0.457. The number of hydrogen-bond donors (Lipinski definition) is 0. The number of aliphatic imine (C=N–C) groups is 1. The molecule has 1 heterocycles. The lowest BCUT2D eigenvalue weighted by Gasteiger charge is -2.31. The Labute approximate surface area is 175 Å². The number of amides is 1. The van der Waals surface area contributed by atoms with Crippen LogP contribution in [0.1, 0.15) is 69.8 Å². The molecular formula is C22H26ClFN2OS. The zero-order valence-corrected chi connectivity index (χ0v) is 17.6. The summed E-state index contributed by atoms with van der Waals surface area (Å²) in [6, 6.07) is 5.10. The maximum absolute atomic E-state index is 14.3. The second-order valence-electron chi connectivity index (χ2n) is 7.92. The first-order valence-electron chi connectivity index (χ1n) is 10.4. The fourth-order valence-corrected chi connectivity index (χ4v) is 5.69. The molecular weight excluding hydrogens is 395 g/mol. The van der Waals surface area contributed by atoms with Gasteiger partial charge < -0.3 is 0 Å². The molecule has 1 amide bonds. The first-order chi connectivity index (χ1) is 13.6. The van der Waals surface area contributed by atoms with Gasteiger partial charge in [0, 0.05) is 11.6 Å². The van der Waals surface area contributed by atoms with E-state index in [2.05, 4.69) is 0 Å². The van der Waals surface area contributed by atoms with Crippen LogP contribution >= 0.6 is 23.4 Å². The van der Waals surface area contributed by atoms with Crippen molar-refractivity contribution in [2.24, 2.45) is 4.99 Å². The van der Waals surface area contributed by atoms with Crippen LogP contribution in [0, 0.1) is 5.82 Å². The highest BCUT2D eigenvalue weighted by atomic mass is 35.5. The van der Waals surface area contributed by atoms with E-state index in [0.29, 0.717) is 16.0 Å². The van der Waals surface area contributed by atoms with Crippen LogP contribution in [0.2, 0.25) is 5.02 Å². The first kappa shape index (κ1) is 20.0. The molecule has 0 aromatic heterocycles. The number of nitrogens with zero attached hydrogens (tertiary/aromatic N) is 2. The van der Waals surface area contributed by atoms with E-state index in [4.69, 9.17) is 16.6 Å². The number of carbonyl (C=O) groups is 1. The molecule has 1 saturated heterocycles. The summed E-state index contributed by atoms with van der Waals surface area (Å²) in [7, 11) is 0. The van der Waals surface area contributed by atoms with Gasteiger partial charge in [0.15, 0.2) is 5.17 Å². The predicted octanol–water partition coefficient (Wildman–Crippen LogP) is 6.42. The zero-order chi connectivity index (χ0) is 19.5. The number of halogens is 2. The second-order valence-corrected chi connectivity index (χ2v) is 9.33. The summed E-state index contributed by atoms with van der Waals surface area (Å²) in [6.07, 6.45) is 13.0. The first-order valence-corrected chi connectivity index (χ1v) is 11.6. The van der Waals surface area contributed by atoms with Crippen molar-refractivity contribution in [3.63, 3.8) is 0 Å². The number of carbonyl (C=O) groups excluding carboxylic acids is 1. The fraction of sp³-hybridized carbons (Fsp3) is 0.545. The Kier molecular flexibility index (Phi) is 6.42. The molecule has 28 heavy (non-hydrogen) atoms. The monoisotopic (exact) mass is 420 g/mol. The molecule has 1 aromatic rings. The Morgan fingerprint density at radius 1 is 1.07 bits per heavy atom. The van der Waals surface area contributed by atoms with Gasteiger partial charge in [-0.15, -0.1) is 0 Å². The number of benzene rings is 1. The highest BCUT2D eigenvalue weighted by Crippen LogP contribution is 2.39. The maximum Gasteiger partial charge on any atom is 0.267 e. The minimum absolute atomic E-state index is 0.0502. The van der Waals surface area contributed by atoms with E-state index in [1.165, 1.54) is 43.5 Å². The highest BCUT2D eigenvalue weighted by molar-refractivity contribution is 8.18. The van der Waals surface area contributed by atoms with Crippen LogP contribution in [-0.4, -0.2) is 28.1 Å². The van der Waals surface area contributed by atoms with Crippen LogP contribution in [-0.2, 0) is 4.79 Å². The fourth-order valence-electron chi connectivity index (χ4n) is 4.38. The van der Waals surface area contributed by atoms with Crippen molar-refractivity contribution in [3.05, 3.63) is 39.5 Å². The van der Waals surface area contributed by atoms with Gasteiger partial charge in [-0.1, -0.05) is 56.2 Å². The van der Waals surface area contributed by atoms with Crippen molar-refractivity contribution in [2.75, 3.05) is 0 Å². The summed E-state index contributed by atoms with van der Waals surface area (Å²) >= 11 is 7.57. The summed E-state index contributed by atoms with van der Waals surface area (Å²) in [5.41, 5.74) is 0.280. The van der Waals surface area contributed by atoms with E-state index in [-0.39, 0.29) is 17.5 Å². The number of amidine groups is 1. The van der Waals surface area contributed by atoms with E-state index < -0.39 is 5.82 Å². The lowest BCUT2D eigenvalue weighted by atomic mass is 9.94. The van der Waals surface area contributed by atoms with Crippen LogP contribution in [0.25, 0.3) is 6.08 Å². The molecule has 2 aliphatic carbocycles. The molecule has 3 fully saturated rings. The van der Waals surface area contributed by atoms with Crippen LogP contribution < -0.4 is 0 Å². The lowest BCUT2D eigenvalue weighted by Crippen LogP contribution is -2.41. The molecule has 0 unspecified atom stereocenters. The zero-order valence-electron chi connectivity index (χ0n) is 16.0. The topological polar surface area (TPSA) is 32.7 Å². The summed E-state index contributed by atoms with van der Waals surface area (Å²) < 4.78 is 14.3. The normalized spacial score (nSPS) is 25.2. The highest BCUT2D eigenvalue weighted by Gasteiger charge is 2.39. The summed E-state index contributed by atoms with van der Waals surface area (Å²) in [4.78, 5) is 20.7. The third-order valence-electron chi connectivity index (χ3n) is 5.92. The molecule has 0 bridgehead atoms. The van der Waals surface area contributed by atoms with E-state index in [9.17, 15) is 9.18 Å². The average molecular weight is 421 g/mol. The van der Waals surface area contributed by atoms with Gasteiger partial charge in [-0.25, -0.2) is 4.39 Å². The van der Waals surface area contributed by atoms with Crippen molar-refractivity contribution in [1.82, 2.24) is 4.90 Å². The molecule has 2 saturated carbocycles. The molecule has 0 spiro atoms. The Hall–Kier alpha value is -1.33. The van der Waals surface area contributed by atoms with E-state index in [0.717, 1.165) is 43.7 Å². The number of thioether (sulfide) groups is 1. The Morgan fingerprint density at radius 2 is 1.75 bits per heavy atom. The Balaban J connectivity index is 1.67. The van der Waals surface area contributed by atoms with Gasteiger partial charge in [-0.3, -0.25) is 14.7 Å². The smallest absolute Gasteiger partial charge is 0.267 e. The van der Waals surface area contributed by atoms with Crippen LogP contribution in [0.15, 0.2) is 28.1 Å². The molecule has 3 nitrogen and oxygen atoms in total. The third-order valence-corrected chi connectivity index (χ3v) is 7.25. The van der Waals surface area contributed by atoms with Gasteiger partial charge in [-0.05, 0) is 55.7 Å². The molecule has 150 valence electrons. The molecule has 1 aromatic carbocycles. The minimum Gasteiger partial charge on any atom is -0.284 e. The molecule has 0 radical (unpaired) electrons. The van der Waals surface area contributed by atoms with Crippen LogP contribution in [0.5, 0.6) is 0 Å². The summed E-state index contributed by atoms with van der Waals surface area (Å²) in [5, 5.41) is 1.13. The Bertz CT molecular complexity index is 777. The van der Waals surface area contributed by atoms with Gasteiger partial charge >= 0.3 is 0 Å². The quantitative estimate of drug-likeness (QED) is 0.528. The molecule has 0 N–H and O–H groups in total. The largest absolute Gasteiger partial charge is 0.284 e. The van der Waals surface area contributed by atoms with E-state index in [1.807, 2.05) is 4.90 Å². The lowest BCUT2D eigenvalue weighted by molar-refractivity contribution is -0.124. The van der Waals surface area contributed by atoms with E-state index >= 15 is 0 Å². The van der Waals surface area contributed by atoms with Crippen molar-refractivity contribution >= 4 is 40.5 Å². The molecule has 4 rings (SSSR count). The minimum atomic E-state index is -0.407. The van der Waals surface area contributed by atoms with Gasteiger partial charge in [0.25, 0.3) is 5.91 Å². The molecule has 6 heteroatoms. The SMILES string of the molecule is O=C1C(=Cc2c(F)cccc2Cl)SC(=NC2CCCCC2)N1C1CCCCC1. The summed E-state index contributed by atoms with van der Waals surface area (Å²) in [6.45, 7) is 0. The van der Waals surface area contributed by atoms with E-state index in [1.54, 1.807) is 18.2 Å². The Morgan fingerprint density at radius 3 is 2.43 bits per heavy atom. The predicted molar refractivity (Wildman–Crippen MR) is 115 cm³/mol. The number of hydrogen-bond acceptors (Lipinski definition) is 3. The van der Waals surface area contributed by atoms with Gasteiger partial charge in [0.1, 0.15) is 5.82 Å². The van der Waals surface area contributed by atoms with Crippen molar-refractivity contribution in [3.8, 4) is 0 Å². The number of rotatable bonds is 3. The third kappa shape index (κ3) is 4.30. The second kappa shape index (κ2) is 9.00.